The molecule has 1 saturated carbocycles. The maximum atomic E-state index is 5.63. The maximum absolute atomic E-state index is 5.63. The van der Waals surface area contributed by atoms with E-state index in [1.165, 1.54) is 11.1 Å². The second-order valence-electron chi connectivity index (χ2n) is 8.61. The van der Waals surface area contributed by atoms with Gasteiger partial charge in [0, 0.05) is 24.0 Å². The van der Waals surface area contributed by atoms with Gasteiger partial charge in [-0.25, -0.2) is 30.3 Å². The molecule has 38 heavy (non-hydrogen) atoms. The zero-order valence-electron chi connectivity index (χ0n) is 20.7. The van der Waals surface area contributed by atoms with Crippen molar-refractivity contribution in [2.75, 3.05) is 0 Å². The minimum atomic E-state index is 0. The number of rotatable bonds is 4. The standard InChI is InChI=1S/C22H18N2O2.2C5H5.2Fe/c1-2-7-15(6-1)21-13-19(23-25-21)17-10-5-11-18(12-17)20-14-22(26-24-20)16-8-3-4-9-16;2*1-2-4-5-3-1;;/h1-12,21-22H,13-14H2;2*1-5H;;/q-2;2*-1;2*+2. The van der Waals surface area contributed by atoms with E-state index in [1.807, 2.05) is 92.8 Å². The first-order valence-corrected chi connectivity index (χ1v) is 12.2. The molecular formula is C32H28Fe2N2O2. The third-order valence-electron chi connectivity index (χ3n) is 6.10. The van der Waals surface area contributed by atoms with Crippen molar-refractivity contribution >= 4 is 11.4 Å². The van der Waals surface area contributed by atoms with E-state index in [0.717, 1.165) is 35.4 Å². The Kier molecular flexibility index (Phi) is 12.2. The Morgan fingerprint density at radius 3 is 1.89 bits per heavy atom. The topological polar surface area (TPSA) is 43.2 Å². The fourth-order valence-corrected chi connectivity index (χ4v) is 4.18. The van der Waals surface area contributed by atoms with Crippen LogP contribution in [-0.4, -0.2) is 11.4 Å². The molecule has 0 aromatic heterocycles. The fraction of sp³-hybridized carbons (Fsp3) is 0.125. The monoisotopic (exact) mass is 584 g/mol. The minimum Gasteiger partial charge on any atom is -0.401 e. The molecule has 0 saturated heterocycles. The van der Waals surface area contributed by atoms with Crippen molar-refractivity contribution in [2.45, 2.75) is 25.0 Å². The SMILES string of the molecule is [CH]1[CH][CH][CH-][CH]1.[Fe+2].[Fe+2].c1cc(C2=NOC(c3cc[cH-]c3)C2)cc(C2=NOC(c3ccc[cH-]3)C2)c1.c1cc[cH-]c1. The second kappa shape index (κ2) is 15.6. The maximum Gasteiger partial charge on any atom is 2.00 e. The Bertz CT molecular complexity index is 1120. The van der Waals surface area contributed by atoms with Crippen LogP contribution in [0.25, 0.3) is 0 Å². The van der Waals surface area contributed by atoms with Crippen molar-refractivity contribution < 1.29 is 43.8 Å². The predicted molar refractivity (Wildman–Crippen MR) is 144 cm³/mol. The van der Waals surface area contributed by atoms with Gasteiger partial charge in [0.15, 0.2) is 0 Å². The first-order valence-electron chi connectivity index (χ1n) is 12.2. The summed E-state index contributed by atoms with van der Waals surface area (Å²) in [6.07, 6.45) is 11.6. The summed E-state index contributed by atoms with van der Waals surface area (Å²) >= 11 is 0. The van der Waals surface area contributed by atoms with E-state index in [1.54, 1.807) is 0 Å². The number of benzene rings is 1. The van der Waals surface area contributed by atoms with Crippen LogP contribution < -0.4 is 0 Å². The van der Waals surface area contributed by atoms with E-state index >= 15 is 0 Å². The van der Waals surface area contributed by atoms with Crippen LogP contribution in [0.2, 0.25) is 0 Å². The molecule has 194 valence electrons. The summed E-state index contributed by atoms with van der Waals surface area (Å²) in [5.74, 6) is 0. The molecule has 4 aromatic rings. The zero-order chi connectivity index (χ0) is 24.4. The van der Waals surface area contributed by atoms with Gasteiger partial charge in [-0.05, 0) is 6.07 Å². The van der Waals surface area contributed by atoms with Crippen LogP contribution in [0.3, 0.4) is 0 Å². The van der Waals surface area contributed by atoms with E-state index in [0.29, 0.717) is 0 Å². The summed E-state index contributed by atoms with van der Waals surface area (Å²) in [7, 11) is 0. The van der Waals surface area contributed by atoms with Gasteiger partial charge in [-0.3, -0.25) is 0 Å². The quantitative estimate of drug-likeness (QED) is 0.187. The Labute approximate surface area is 247 Å². The normalized spacial score (nSPS) is 19.2. The molecule has 0 amide bonds. The predicted octanol–water partition coefficient (Wildman–Crippen LogP) is 7.28. The third-order valence-corrected chi connectivity index (χ3v) is 6.10. The van der Waals surface area contributed by atoms with Crippen LogP contribution >= 0.6 is 0 Å². The van der Waals surface area contributed by atoms with Crippen molar-refractivity contribution in [1.29, 1.82) is 0 Å². The van der Waals surface area contributed by atoms with Crippen LogP contribution in [0, 0.1) is 32.1 Å². The van der Waals surface area contributed by atoms with E-state index in [4.69, 9.17) is 9.68 Å². The Morgan fingerprint density at radius 2 is 1.37 bits per heavy atom. The second-order valence-corrected chi connectivity index (χ2v) is 8.61. The van der Waals surface area contributed by atoms with Gasteiger partial charge >= 0.3 is 34.1 Å². The van der Waals surface area contributed by atoms with Gasteiger partial charge in [-0.1, -0.05) is 41.4 Å². The summed E-state index contributed by atoms with van der Waals surface area (Å²) in [4.78, 5) is 11.3. The van der Waals surface area contributed by atoms with Crippen molar-refractivity contribution in [3.8, 4) is 0 Å². The van der Waals surface area contributed by atoms with Crippen molar-refractivity contribution in [2.24, 2.45) is 10.3 Å². The Morgan fingerprint density at radius 1 is 0.684 bits per heavy atom. The number of nitrogens with zero attached hydrogens (tertiary/aromatic N) is 2. The summed E-state index contributed by atoms with van der Waals surface area (Å²) in [6, 6.07) is 34.7. The average molecular weight is 584 g/mol. The number of hydrogen-bond donors (Lipinski definition) is 0. The van der Waals surface area contributed by atoms with Gasteiger partial charge in [0.05, 0.1) is 11.4 Å². The molecule has 1 fully saturated rings. The van der Waals surface area contributed by atoms with E-state index in [-0.39, 0.29) is 46.3 Å². The number of oxime groups is 2. The van der Waals surface area contributed by atoms with Crippen molar-refractivity contribution in [1.82, 2.24) is 0 Å². The summed E-state index contributed by atoms with van der Waals surface area (Å²) < 4.78 is 0. The molecule has 2 heterocycles. The zero-order valence-corrected chi connectivity index (χ0v) is 22.9. The van der Waals surface area contributed by atoms with Crippen LogP contribution in [0.15, 0.2) is 113 Å². The van der Waals surface area contributed by atoms with E-state index < -0.39 is 0 Å². The minimum absolute atomic E-state index is 0. The molecule has 2 atom stereocenters. The van der Waals surface area contributed by atoms with E-state index in [9.17, 15) is 0 Å². The van der Waals surface area contributed by atoms with Gasteiger partial charge in [0.1, 0.15) is 12.2 Å². The largest absolute Gasteiger partial charge is 2.00 e. The first-order chi connectivity index (χ1) is 17.9. The van der Waals surface area contributed by atoms with Gasteiger partial charge in [-0.15, -0.1) is 5.56 Å². The summed E-state index contributed by atoms with van der Waals surface area (Å²) in [5.41, 5.74) is 6.46. The average Bonchev–Trinajstić information content (AvgIpc) is 3.81. The molecule has 0 N–H and O–H groups in total. The molecule has 0 bridgehead atoms. The van der Waals surface area contributed by atoms with Crippen LogP contribution in [-0.2, 0) is 43.8 Å². The molecule has 6 heteroatoms. The molecule has 1 aliphatic carbocycles. The van der Waals surface area contributed by atoms with Gasteiger partial charge in [0.2, 0.25) is 0 Å². The molecule has 0 spiro atoms. The Hall–Kier alpha value is -2.75. The fourth-order valence-electron chi connectivity index (χ4n) is 4.18. The van der Waals surface area contributed by atoms with E-state index in [2.05, 4.69) is 52.8 Å². The third kappa shape index (κ3) is 8.12. The molecule has 2 aliphatic heterocycles. The smallest absolute Gasteiger partial charge is 0.401 e. The molecule has 7 rings (SSSR count). The first kappa shape index (κ1) is 29.8. The molecule has 4 radical (unpaired) electrons. The van der Waals surface area contributed by atoms with Gasteiger partial charge < -0.3 is 16.1 Å². The van der Waals surface area contributed by atoms with Crippen molar-refractivity contribution in [3.63, 3.8) is 0 Å². The molecule has 4 aromatic carbocycles. The molecule has 2 unspecified atom stereocenters. The summed E-state index contributed by atoms with van der Waals surface area (Å²) in [5, 5.41) is 8.62. The summed E-state index contributed by atoms with van der Waals surface area (Å²) in [6.45, 7) is 0. The molecular weight excluding hydrogens is 556 g/mol. The molecule has 4 nitrogen and oxygen atoms in total. The molecule has 3 aliphatic rings. The van der Waals surface area contributed by atoms with Gasteiger partial charge in [0.25, 0.3) is 0 Å². The number of hydrogen-bond acceptors (Lipinski definition) is 4. The van der Waals surface area contributed by atoms with Crippen LogP contribution in [0.1, 0.15) is 47.3 Å². The van der Waals surface area contributed by atoms with Crippen LogP contribution in [0.5, 0.6) is 0 Å². The van der Waals surface area contributed by atoms with Crippen molar-refractivity contribution in [3.05, 3.63) is 157 Å². The van der Waals surface area contributed by atoms with Gasteiger partial charge in [-0.2, -0.15) is 66.9 Å². The van der Waals surface area contributed by atoms with Crippen LogP contribution in [0.4, 0.5) is 0 Å². The Balaban J connectivity index is 0.000000280.